The summed E-state index contributed by atoms with van der Waals surface area (Å²) in [6.07, 6.45) is 2.46. The van der Waals surface area contributed by atoms with Crippen LogP contribution in [0.25, 0.3) is 0 Å². The van der Waals surface area contributed by atoms with Gasteiger partial charge >= 0.3 is 5.97 Å². The molecule has 0 amide bonds. The minimum absolute atomic E-state index is 0.101. The number of H-pyrrole nitrogens is 1. The summed E-state index contributed by atoms with van der Waals surface area (Å²) < 4.78 is 26.0. The van der Waals surface area contributed by atoms with Gasteiger partial charge < -0.3 is 10.1 Å². The van der Waals surface area contributed by atoms with Gasteiger partial charge in [-0.25, -0.2) is 13.6 Å². The molecule has 94 valence electrons. The maximum Gasteiger partial charge on any atom is 0.352 e. The number of carboxylic acid groups (broad SMARTS) is 1. The lowest BCUT2D eigenvalue weighted by Crippen LogP contribution is -1.96. The van der Waals surface area contributed by atoms with Crippen molar-refractivity contribution < 1.29 is 18.7 Å². The molecule has 2 N–H and O–H groups in total. The standard InChI is InChI=1S/C13H11F2NO2/c14-10-4-3-9(11(15)6-10)2-1-8-5-12(13(17)18)16-7-8/h3-7,16H,1-2H2,(H,17,18). The van der Waals surface area contributed by atoms with E-state index in [-0.39, 0.29) is 5.69 Å². The quantitative estimate of drug-likeness (QED) is 0.877. The largest absolute Gasteiger partial charge is 0.477 e. The third-order valence-corrected chi connectivity index (χ3v) is 2.67. The second kappa shape index (κ2) is 5.00. The van der Waals surface area contributed by atoms with Gasteiger partial charge in [0.05, 0.1) is 0 Å². The third kappa shape index (κ3) is 2.74. The van der Waals surface area contributed by atoms with Crippen molar-refractivity contribution in [2.75, 3.05) is 0 Å². The second-order valence-electron chi connectivity index (χ2n) is 3.96. The highest BCUT2D eigenvalue weighted by atomic mass is 19.1. The molecule has 2 rings (SSSR count). The molecule has 0 atom stereocenters. The third-order valence-electron chi connectivity index (χ3n) is 2.67. The zero-order valence-corrected chi connectivity index (χ0v) is 9.41. The first-order valence-corrected chi connectivity index (χ1v) is 5.41. The predicted molar refractivity (Wildman–Crippen MR) is 61.5 cm³/mol. The topological polar surface area (TPSA) is 53.1 Å². The Kier molecular flexibility index (Phi) is 3.41. The monoisotopic (exact) mass is 251 g/mol. The molecule has 0 unspecified atom stereocenters. The Balaban J connectivity index is 2.04. The number of hydrogen-bond donors (Lipinski definition) is 2. The van der Waals surface area contributed by atoms with Crippen molar-refractivity contribution in [1.82, 2.24) is 4.98 Å². The minimum atomic E-state index is -1.03. The average molecular weight is 251 g/mol. The van der Waals surface area contributed by atoms with E-state index in [1.54, 1.807) is 6.20 Å². The summed E-state index contributed by atoms with van der Waals surface area (Å²) in [5.74, 6) is -2.22. The molecule has 2 aromatic rings. The van der Waals surface area contributed by atoms with Gasteiger partial charge in [-0.15, -0.1) is 0 Å². The smallest absolute Gasteiger partial charge is 0.352 e. The lowest BCUT2D eigenvalue weighted by molar-refractivity contribution is 0.0691. The molecule has 0 saturated carbocycles. The molecular weight excluding hydrogens is 240 g/mol. The van der Waals surface area contributed by atoms with Crippen LogP contribution < -0.4 is 0 Å². The summed E-state index contributed by atoms with van der Waals surface area (Å²) in [5, 5.41) is 8.73. The van der Waals surface area contributed by atoms with Crippen LogP contribution in [0, 0.1) is 11.6 Å². The second-order valence-corrected chi connectivity index (χ2v) is 3.96. The molecule has 0 bridgehead atoms. The molecule has 0 spiro atoms. The first-order chi connectivity index (χ1) is 8.56. The van der Waals surface area contributed by atoms with Crippen LogP contribution in [0.15, 0.2) is 30.5 Å². The van der Waals surface area contributed by atoms with Crippen molar-refractivity contribution in [3.63, 3.8) is 0 Å². The van der Waals surface area contributed by atoms with Crippen LogP contribution in [0.2, 0.25) is 0 Å². The molecule has 0 saturated heterocycles. The molecule has 0 fully saturated rings. The van der Waals surface area contributed by atoms with Gasteiger partial charge in [0.15, 0.2) is 0 Å². The summed E-state index contributed by atoms with van der Waals surface area (Å²) in [5.41, 5.74) is 1.29. The van der Waals surface area contributed by atoms with Crippen LogP contribution in [-0.4, -0.2) is 16.1 Å². The molecule has 18 heavy (non-hydrogen) atoms. The zero-order chi connectivity index (χ0) is 13.1. The molecular formula is C13H11F2NO2. The number of rotatable bonds is 4. The lowest BCUT2D eigenvalue weighted by Gasteiger charge is -2.01. The van der Waals surface area contributed by atoms with E-state index in [0.29, 0.717) is 18.4 Å². The summed E-state index contributed by atoms with van der Waals surface area (Å²) in [4.78, 5) is 13.3. The van der Waals surface area contributed by atoms with Crippen molar-refractivity contribution in [2.24, 2.45) is 0 Å². The number of halogens is 2. The van der Waals surface area contributed by atoms with Crippen molar-refractivity contribution >= 4 is 5.97 Å². The first kappa shape index (κ1) is 12.3. The fraction of sp³-hybridized carbons (Fsp3) is 0.154. The number of aromatic amines is 1. The molecule has 1 aromatic heterocycles. The number of aromatic carboxylic acids is 1. The number of nitrogens with one attached hydrogen (secondary N) is 1. The number of carboxylic acids is 1. The SMILES string of the molecule is O=C(O)c1cc(CCc2ccc(F)cc2F)c[nH]1. The van der Waals surface area contributed by atoms with Crippen molar-refractivity contribution in [3.05, 3.63) is 58.9 Å². The van der Waals surface area contributed by atoms with E-state index in [4.69, 9.17) is 5.11 Å². The minimum Gasteiger partial charge on any atom is -0.477 e. The van der Waals surface area contributed by atoms with Gasteiger partial charge in [-0.3, -0.25) is 0 Å². The number of aromatic nitrogens is 1. The van der Waals surface area contributed by atoms with E-state index in [0.717, 1.165) is 11.6 Å². The lowest BCUT2D eigenvalue weighted by atomic mass is 10.1. The maximum absolute atomic E-state index is 13.3. The van der Waals surface area contributed by atoms with Gasteiger partial charge in [0.25, 0.3) is 0 Å². The Morgan fingerprint density at radius 2 is 2.00 bits per heavy atom. The fourth-order valence-corrected chi connectivity index (χ4v) is 1.71. The van der Waals surface area contributed by atoms with Crippen LogP contribution in [0.4, 0.5) is 8.78 Å². The van der Waals surface area contributed by atoms with Gasteiger partial charge in [-0.2, -0.15) is 0 Å². The highest BCUT2D eigenvalue weighted by Gasteiger charge is 2.08. The molecule has 0 aliphatic heterocycles. The van der Waals surface area contributed by atoms with Crippen LogP contribution in [0.5, 0.6) is 0 Å². The van der Waals surface area contributed by atoms with Crippen molar-refractivity contribution in [3.8, 4) is 0 Å². The number of hydrogen-bond acceptors (Lipinski definition) is 1. The number of carbonyl (C=O) groups is 1. The molecule has 0 radical (unpaired) electrons. The number of benzene rings is 1. The van der Waals surface area contributed by atoms with Gasteiger partial charge in [-0.1, -0.05) is 6.07 Å². The maximum atomic E-state index is 13.3. The molecule has 0 aliphatic carbocycles. The van der Waals surface area contributed by atoms with Gasteiger partial charge in [-0.05, 0) is 36.1 Å². The fourth-order valence-electron chi connectivity index (χ4n) is 1.71. The Morgan fingerprint density at radius 3 is 2.61 bits per heavy atom. The number of aryl methyl sites for hydroxylation is 2. The molecule has 1 heterocycles. The summed E-state index contributed by atoms with van der Waals surface area (Å²) in [6, 6.07) is 4.95. The van der Waals surface area contributed by atoms with Crippen LogP contribution >= 0.6 is 0 Å². The normalized spacial score (nSPS) is 10.6. The van der Waals surface area contributed by atoms with E-state index in [2.05, 4.69) is 4.98 Å². The van der Waals surface area contributed by atoms with Crippen molar-refractivity contribution in [2.45, 2.75) is 12.8 Å². The van der Waals surface area contributed by atoms with Gasteiger partial charge in [0.2, 0.25) is 0 Å². The highest BCUT2D eigenvalue weighted by molar-refractivity contribution is 5.85. The Hall–Kier alpha value is -2.17. The summed E-state index contributed by atoms with van der Waals surface area (Å²) in [7, 11) is 0. The van der Waals surface area contributed by atoms with Gasteiger partial charge in [0.1, 0.15) is 17.3 Å². The molecule has 5 heteroatoms. The van der Waals surface area contributed by atoms with Crippen molar-refractivity contribution in [1.29, 1.82) is 0 Å². The Morgan fingerprint density at radius 1 is 1.22 bits per heavy atom. The average Bonchev–Trinajstić information content (AvgIpc) is 2.76. The highest BCUT2D eigenvalue weighted by Crippen LogP contribution is 2.13. The first-order valence-electron chi connectivity index (χ1n) is 5.41. The van der Waals surface area contributed by atoms with Crippen LogP contribution in [0.3, 0.4) is 0 Å². The zero-order valence-electron chi connectivity index (χ0n) is 9.41. The van der Waals surface area contributed by atoms with E-state index in [9.17, 15) is 13.6 Å². The molecule has 0 aliphatic rings. The van der Waals surface area contributed by atoms with Gasteiger partial charge in [0, 0.05) is 12.3 Å². The van der Waals surface area contributed by atoms with Crippen LogP contribution in [-0.2, 0) is 12.8 Å². The predicted octanol–water partition coefficient (Wildman–Crippen LogP) is 2.78. The van der Waals surface area contributed by atoms with E-state index < -0.39 is 17.6 Å². The Labute approximate surface area is 102 Å². The Bertz CT molecular complexity index is 578. The molecule has 3 nitrogen and oxygen atoms in total. The summed E-state index contributed by atoms with van der Waals surface area (Å²) in [6.45, 7) is 0. The van der Waals surface area contributed by atoms with E-state index >= 15 is 0 Å². The molecule has 1 aromatic carbocycles. The van der Waals surface area contributed by atoms with Crippen LogP contribution in [0.1, 0.15) is 21.6 Å². The van der Waals surface area contributed by atoms with E-state index in [1.165, 1.54) is 18.2 Å². The summed E-state index contributed by atoms with van der Waals surface area (Å²) >= 11 is 0. The van der Waals surface area contributed by atoms with E-state index in [1.807, 2.05) is 0 Å².